The Morgan fingerprint density at radius 2 is 2.00 bits per heavy atom. The van der Waals surface area contributed by atoms with Crippen molar-refractivity contribution in [2.45, 2.75) is 31.9 Å². The molecule has 2 N–H and O–H groups in total. The number of aliphatic hydroxyl groups excluding tert-OH is 1. The Kier molecular flexibility index (Phi) is 4.46. The molecule has 0 saturated carbocycles. The first-order valence-corrected chi connectivity index (χ1v) is 7.76. The molecule has 0 bridgehead atoms. The average molecular weight is 313 g/mol. The number of rotatable bonds is 5. The van der Waals surface area contributed by atoms with E-state index in [1.54, 1.807) is 19.1 Å². The summed E-state index contributed by atoms with van der Waals surface area (Å²) in [6, 6.07) is 5.75. The van der Waals surface area contributed by atoms with E-state index in [4.69, 9.17) is 9.52 Å². The van der Waals surface area contributed by atoms with Gasteiger partial charge in [0.15, 0.2) is 0 Å². The molecule has 0 amide bonds. The van der Waals surface area contributed by atoms with E-state index in [1.165, 1.54) is 13.0 Å². The van der Waals surface area contributed by atoms with Crippen LogP contribution in [0.2, 0.25) is 0 Å². The second-order valence-electron chi connectivity index (χ2n) is 4.71. The van der Waals surface area contributed by atoms with E-state index in [-0.39, 0.29) is 22.6 Å². The first-order chi connectivity index (χ1) is 9.83. The third-order valence-corrected chi connectivity index (χ3v) is 4.40. The maximum absolute atomic E-state index is 13.6. The largest absolute Gasteiger partial charge is 0.465 e. The van der Waals surface area contributed by atoms with Gasteiger partial charge in [-0.25, -0.2) is 17.5 Å². The normalized spacial score (nSPS) is 11.8. The molecule has 1 aromatic heterocycles. The SMILES string of the molecule is Cc1ccc(CNS(=O)(=O)c2cc(C)c(F)c(CO)c2)o1. The first-order valence-electron chi connectivity index (χ1n) is 6.28. The van der Waals surface area contributed by atoms with Crippen LogP contribution in [-0.2, 0) is 23.2 Å². The van der Waals surface area contributed by atoms with Crippen LogP contribution in [-0.4, -0.2) is 13.5 Å². The molecule has 21 heavy (non-hydrogen) atoms. The number of furan rings is 1. The highest BCUT2D eigenvalue weighted by Crippen LogP contribution is 2.19. The van der Waals surface area contributed by atoms with E-state index in [0.29, 0.717) is 11.5 Å². The molecule has 114 valence electrons. The molecule has 5 nitrogen and oxygen atoms in total. The molecule has 0 aliphatic heterocycles. The average Bonchev–Trinajstić information content (AvgIpc) is 2.85. The predicted octanol–water partition coefficient (Wildman–Crippen LogP) is 2.01. The van der Waals surface area contributed by atoms with Gasteiger partial charge in [0.05, 0.1) is 18.0 Å². The summed E-state index contributed by atoms with van der Waals surface area (Å²) < 4.78 is 45.7. The monoisotopic (exact) mass is 313 g/mol. The van der Waals surface area contributed by atoms with Gasteiger partial charge in [-0.1, -0.05) is 0 Å². The summed E-state index contributed by atoms with van der Waals surface area (Å²) in [5, 5.41) is 9.07. The van der Waals surface area contributed by atoms with Crippen molar-refractivity contribution in [3.8, 4) is 0 Å². The summed E-state index contributed by atoms with van der Waals surface area (Å²) in [4.78, 5) is -0.0891. The molecule has 0 radical (unpaired) electrons. The van der Waals surface area contributed by atoms with Crippen LogP contribution in [0.1, 0.15) is 22.6 Å². The van der Waals surface area contributed by atoms with Crippen molar-refractivity contribution in [1.29, 1.82) is 0 Å². The summed E-state index contributed by atoms with van der Waals surface area (Å²) in [6.07, 6.45) is 0. The third kappa shape index (κ3) is 3.49. The summed E-state index contributed by atoms with van der Waals surface area (Å²) >= 11 is 0. The fourth-order valence-electron chi connectivity index (χ4n) is 1.91. The minimum absolute atomic E-state index is 0.00105. The third-order valence-electron chi connectivity index (χ3n) is 3.02. The van der Waals surface area contributed by atoms with Gasteiger partial charge in [-0.05, 0) is 43.7 Å². The van der Waals surface area contributed by atoms with Crippen LogP contribution in [0.4, 0.5) is 4.39 Å². The van der Waals surface area contributed by atoms with Gasteiger partial charge in [0, 0.05) is 5.56 Å². The molecule has 0 atom stereocenters. The highest BCUT2D eigenvalue weighted by molar-refractivity contribution is 7.89. The second kappa shape index (κ2) is 5.97. The van der Waals surface area contributed by atoms with Crippen molar-refractivity contribution >= 4 is 10.0 Å². The van der Waals surface area contributed by atoms with Crippen molar-refractivity contribution in [1.82, 2.24) is 4.72 Å². The summed E-state index contributed by atoms with van der Waals surface area (Å²) in [6.45, 7) is 2.65. The molecule has 0 aliphatic rings. The van der Waals surface area contributed by atoms with E-state index in [0.717, 1.165) is 6.07 Å². The fourth-order valence-corrected chi connectivity index (χ4v) is 3.03. The lowest BCUT2D eigenvalue weighted by Crippen LogP contribution is -2.23. The van der Waals surface area contributed by atoms with Gasteiger partial charge in [0.25, 0.3) is 0 Å². The molecule has 0 fully saturated rings. The van der Waals surface area contributed by atoms with E-state index in [2.05, 4.69) is 4.72 Å². The van der Waals surface area contributed by atoms with Gasteiger partial charge >= 0.3 is 0 Å². The van der Waals surface area contributed by atoms with Crippen LogP contribution in [0.3, 0.4) is 0 Å². The van der Waals surface area contributed by atoms with Crippen molar-refractivity contribution < 1.29 is 22.3 Å². The van der Waals surface area contributed by atoms with E-state index in [9.17, 15) is 12.8 Å². The second-order valence-corrected chi connectivity index (χ2v) is 6.48. The first kappa shape index (κ1) is 15.7. The molecule has 0 spiro atoms. The highest BCUT2D eigenvalue weighted by Gasteiger charge is 2.18. The Labute approximate surface area is 122 Å². The zero-order valence-corrected chi connectivity index (χ0v) is 12.5. The molecular formula is C14H16FNO4S. The number of aryl methyl sites for hydroxylation is 2. The van der Waals surface area contributed by atoms with Crippen molar-refractivity contribution in [2.75, 3.05) is 0 Å². The Balaban J connectivity index is 2.25. The van der Waals surface area contributed by atoms with E-state index >= 15 is 0 Å². The van der Waals surface area contributed by atoms with Crippen molar-refractivity contribution in [3.63, 3.8) is 0 Å². The maximum Gasteiger partial charge on any atom is 0.241 e. The predicted molar refractivity (Wildman–Crippen MR) is 74.5 cm³/mol. The van der Waals surface area contributed by atoms with Crippen molar-refractivity contribution in [2.24, 2.45) is 0 Å². The quantitative estimate of drug-likeness (QED) is 0.885. The summed E-state index contributed by atoms with van der Waals surface area (Å²) in [7, 11) is -3.81. The van der Waals surface area contributed by atoms with Gasteiger partial charge in [0.2, 0.25) is 10.0 Å². The maximum atomic E-state index is 13.6. The Bertz CT molecular complexity index is 752. The molecular weight excluding hydrogens is 297 g/mol. The number of hydrogen-bond acceptors (Lipinski definition) is 4. The zero-order chi connectivity index (χ0) is 15.6. The van der Waals surface area contributed by atoms with Crippen LogP contribution < -0.4 is 4.72 Å². The zero-order valence-electron chi connectivity index (χ0n) is 11.7. The highest BCUT2D eigenvalue weighted by atomic mass is 32.2. The fraction of sp³-hybridized carbons (Fsp3) is 0.286. The molecule has 1 heterocycles. The summed E-state index contributed by atoms with van der Waals surface area (Å²) in [5.41, 5.74) is 0.111. The van der Waals surface area contributed by atoms with Crippen LogP contribution in [0.25, 0.3) is 0 Å². The Hall–Kier alpha value is -1.70. The number of hydrogen-bond donors (Lipinski definition) is 2. The number of sulfonamides is 1. The van der Waals surface area contributed by atoms with Gasteiger partial charge in [-0.3, -0.25) is 0 Å². The molecule has 0 saturated heterocycles. The van der Waals surface area contributed by atoms with E-state index in [1.807, 2.05) is 0 Å². The summed E-state index contributed by atoms with van der Waals surface area (Å²) in [5.74, 6) is 0.569. The smallest absolute Gasteiger partial charge is 0.241 e. The van der Waals surface area contributed by atoms with Gasteiger partial charge in [-0.2, -0.15) is 0 Å². The van der Waals surface area contributed by atoms with E-state index < -0.39 is 22.4 Å². The standard InChI is InChI=1S/C14H16FNO4S/c1-9-5-13(6-11(8-17)14(9)15)21(18,19)16-7-12-4-3-10(2)20-12/h3-6,16-17H,7-8H2,1-2H3. The molecule has 1 aromatic carbocycles. The topological polar surface area (TPSA) is 79.5 Å². The minimum atomic E-state index is -3.81. The van der Waals surface area contributed by atoms with Gasteiger partial charge in [0.1, 0.15) is 17.3 Å². The van der Waals surface area contributed by atoms with Crippen LogP contribution in [0, 0.1) is 19.7 Å². The van der Waals surface area contributed by atoms with Crippen LogP contribution in [0.15, 0.2) is 33.6 Å². The van der Waals surface area contributed by atoms with Crippen LogP contribution in [0.5, 0.6) is 0 Å². The number of aliphatic hydroxyl groups is 1. The van der Waals surface area contributed by atoms with Crippen LogP contribution >= 0.6 is 0 Å². The van der Waals surface area contributed by atoms with Crippen molar-refractivity contribution in [3.05, 3.63) is 52.7 Å². The molecule has 2 rings (SSSR count). The minimum Gasteiger partial charge on any atom is -0.465 e. The number of halogens is 1. The van der Waals surface area contributed by atoms with Gasteiger partial charge < -0.3 is 9.52 Å². The Morgan fingerprint density at radius 3 is 2.57 bits per heavy atom. The molecule has 7 heteroatoms. The number of nitrogens with one attached hydrogen (secondary N) is 1. The molecule has 2 aromatic rings. The van der Waals surface area contributed by atoms with Gasteiger partial charge in [-0.15, -0.1) is 0 Å². The molecule has 0 unspecified atom stereocenters. The Morgan fingerprint density at radius 1 is 1.29 bits per heavy atom. The lowest BCUT2D eigenvalue weighted by Gasteiger charge is -2.09. The number of benzene rings is 1. The lowest BCUT2D eigenvalue weighted by molar-refractivity contribution is 0.275. The molecule has 0 aliphatic carbocycles. The lowest BCUT2D eigenvalue weighted by atomic mass is 10.1.